The lowest BCUT2D eigenvalue weighted by molar-refractivity contribution is -0.143. The molecule has 0 aliphatic carbocycles. The van der Waals surface area contributed by atoms with Crippen LogP contribution in [0.3, 0.4) is 0 Å². The fourth-order valence-corrected chi connectivity index (χ4v) is 3.71. The van der Waals surface area contributed by atoms with Crippen LogP contribution in [-0.4, -0.2) is 34.2 Å². The Labute approximate surface area is 173 Å². The van der Waals surface area contributed by atoms with Gasteiger partial charge in [0.05, 0.1) is 13.1 Å². The number of nitrogens with zero attached hydrogens (tertiary/aromatic N) is 2. The highest BCUT2D eigenvalue weighted by atomic mass is 32.1. The van der Waals surface area contributed by atoms with Crippen LogP contribution >= 0.6 is 11.3 Å². The zero-order valence-corrected chi connectivity index (χ0v) is 18.5. The minimum atomic E-state index is -0.103. The third-order valence-electron chi connectivity index (χ3n) is 4.43. The van der Waals surface area contributed by atoms with Crippen LogP contribution in [0.4, 0.5) is 0 Å². The van der Waals surface area contributed by atoms with E-state index in [-0.39, 0.29) is 29.8 Å². The summed E-state index contributed by atoms with van der Waals surface area (Å²) in [6.45, 7) is 11.3. The molecule has 2 aromatic rings. The van der Waals surface area contributed by atoms with Crippen molar-refractivity contribution in [2.75, 3.05) is 6.54 Å². The summed E-state index contributed by atoms with van der Waals surface area (Å²) in [6, 6.07) is 14.0. The molecule has 2 amide bonds. The van der Waals surface area contributed by atoms with Gasteiger partial charge in [0.15, 0.2) is 0 Å². The van der Waals surface area contributed by atoms with Gasteiger partial charge >= 0.3 is 0 Å². The van der Waals surface area contributed by atoms with Gasteiger partial charge in [-0.25, -0.2) is 0 Å². The van der Waals surface area contributed by atoms with Crippen LogP contribution in [0.25, 0.3) is 0 Å². The third kappa shape index (κ3) is 7.12. The minimum Gasteiger partial charge on any atom is -0.332 e. The molecule has 0 saturated heterocycles. The van der Waals surface area contributed by atoms with E-state index in [0.717, 1.165) is 10.4 Å². The van der Waals surface area contributed by atoms with Crippen molar-refractivity contribution in [2.24, 2.45) is 5.41 Å². The van der Waals surface area contributed by atoms with E-state index in [1.807, 2.05) is 87.4 Å². The van der Waals surface area contributed by atoms with Crippen molar-refractivity contribution in [1.82, 2.24) is 9.80 Å². The molecule has 1 aromatic carbocycles. The van der Waals surface area contributed by atoms with Crippen LogP contribution in [-0.2, 0) is 22.7 Å². The summed E-state index contributed by atoms with van der Waals surface area (Å²) in [6.07, 6.45) is 0.433. The van der Waals surface area contributed by atoms with Crippen molar-refractivity contribution in [3.05, 3.63) is 58.3 Å². The maximum Gasteiger partial charge on any atom is 0.242 e. The van der Waals surface area contributed by atoms with E-state index in [9.17, 15) is 9.59 Å². The maximum atomic E-state index is 13.2. The normalized spacial score (nSPS) is 11.5. The van der Waals surface area contributed by atoms with Gasteiger partial charge in [-0.1, -0.05) is 57.2 Å². The molecule has 0 aliphatic rings. The van der Waals surface area contributed by atoms with Crippen molar-refractivity contribution >= 4 is 23.2 Å². The molecule has 0 N–H and O–H groups in total. The van der Waals surface area contributed by atoms with Gasteiger partial charge in [-0.3, -0.25) is 9.59 Å². The number of benzene rings is 1. The molecule has 0 fully saturated rings. The highest BCUT2D eigenvalue weighted by molar-refractivity contribution is 7.09. The molecule has 5 heteroatoms. The fraction of sp³-hybridized carbons (Fsp3) is 0.478. The van der Waals surface area contributed by atoms with Crippen LogP contribution < -0.4 is 0 Å². The molecule has 0 atom stereocenters. The average molecular weight is 401 g/mol. The number of thiophene rings is 1. The van der Waals surface area contributed by atoms with Gasteiger partial charge in [0.1, 0.15) is 0 Å². The van der Waals surface area contributed by atoms with Gasteiger partial charge in [0.25, 0.3) is 0 Å². The van der Waals surface area contributed by atoms with Crippen LogP contribution in [0, 0.1) is 5.41 Å². The second-order valence-electron chi connectivity index (χ2n) is 8.67. The summed E-state index contributed by atoms with van der Waals surface area (Å²) in [4.78, 5) is 30.7. The number of carbonyl (C=O) groups is 2. The molecule has 0 spiro atoms. The fourth-order valence-electron chi connectivity index (χ4n) is 2.99. The SMILES string of the molecule is CC(C)N(CC(=O)N(Cc1ccccc1)Cc1cccs1)C(=O)CC(C)(C)C. The number of carbonyl (C=O) groups excluding carboxylic acids is 2. The number of rotatable bonds is 8. The van der Waals surface area contributed by atoms with Gasteiger partial charge in [0, 0.05) is 23.9 Å². The molecule has 0 saturated carbocycles. The van der Waals surface area contributed by atoms with Crippen molar-refractivity contribution in [2.45, 2.75) is 60.2 Å². The lowest BCUT2D eigenvalue weighted by atomic mass is 9.91. The Morgan fingerprint density at radius 3 is 2.18 bits per heavy atom. The molecule has 2 rings (SSSR count). The minimum absolute atomic E-state index is 0.0147. The quantitative estimate of drug-likeness (QED) is 0.629. The van der Waals surface area contributed by atoms with Gasteiger partial charge in [-0.05, 0) is 36.3 Å². The molecule has 1 aromatic heterocycles. The number of hydrogen-bond donors (Lipinski definition) is 0. The topological polar surface area (TPSA) is 40.6 Å². The Hall–Kier alpha value is -2.14. The first kappa shape index (κ1) is 22.2. The largest absolute Gasteiger partial charge is 0.332 e. The van der Waals surface area contributed by atoms with Crippen LogP contribution in [0.15, 0.2) is 47.8 Å². The van der Waals surface area contributed by atoms with Crippen LogP contribution in [0.5, 0.6) is 0 Å². The lowest BCUT2D eigenvalue weighted by Crippen LogP contribution is -2.46. The second kappa shape index (κ2) is 9.87. The maximum absolute atomic E-state index is 13.2. The van der Waals surface area contributed by atoms with Gasteiger partial charge < -0.3 is 9.80 Å². The summed E-state index contributed by atoms with van der Waals surface area (Å²) in [5.41, 5.74) is 0.984. The van der Waals surface area contributed by atoms with Crippen LogP contribution in [0.2, 0.25) is 0 Å². The van der Waals surface area contributed by atoms with Crippen molar-refractivity contribution < 1.29 is 9.59 Å². The van der Waals surface area contributed by atoms with Gasteiger partial charge in [-0.15, -0.1) is 11.3 Å². The predicted molar refractivity (Wildman–Crippen MR) is 116 cm³/mol. The molecule has 0 unspecified atom stereocenters. The molecule has 28 heavy (non-hydrogen) atoms. The molecule has 0 bridgehead atoms. The van der Waals surface area contributed by atoms with Crippen molar-refractivity contribution in [3.63, 3.8) is 0 Å². The lowest BCUT2D eigenvalue weighted by Gasteiger charge is -2.32. The standard InChI is InChI=1S/C23H32N2O2S/c1-18(2)25(21(26)14-23(3,4)5)17-22(27)24(16-20-12-9-13-28-20)15-19-10-7-6-8-11-19/h6-13,18H,14-17H2,1-5H3. The summed E-state index contributed by atoms with van der Waals surface area (Å²) in [5, 5.41) is 2.02. The first-order chi connectivity index (χ1) is 13.2. The molecular weight excluding hydrogens is 368 g/mol. The van der Waals surface area contributed by atoms with E-state index in [0.29, 0.717) is 19.5 Å². The molecule has 4 nitrogen and oxygen atoms in total. The van der Waals surface area contributed by atoms with E-state index in [1.165, 1.54) is 0 Å². The van der Waals surface area contributed by atoms with E-state index in [4.69, 9.17) is 0 Å². The molecule has 0 radical (unpaired) electrons. The smallest absolute Gasteiger partial charge is 0.242 e. The van der Waals surface area contributed by atoms with E-state index < -0.39 is 0 Å². The molecular formula is C23H32N2O2S. The average Bonchev–Trinajstić information content (AvgIpc) is 3.11. The zero-order valence-electron chi connectivity index (χ0n) is 17.6. The summed E-state index contributed by atoms with van der Waals surface area (Å²) in [5.74, 6) is 0.0137. The molecule has 0 aliphatic heterocycles. The Balaban J connectivity index is 2.15. The third-order valence-corrected chi connectivity index (χ3v) is 5.29. The first-order valence-corrected chi connectivity index (χ1v) is 10.7. The predicted octanol–water partition coefficient (Wildman–Crippen LogP) is 4.95. The van der Waals surface area contributed by atoms with E-state index >= 15 is 0 Å². The summed E-state index contributed by atoms with van der Waals surface area (Å²) < 4.78 is 0. The Morgan fingerprint density at radius 2 is 1.64 bits per heavy atom. The highest BCUT2D eigenvalue weighted by Gasteiger charge is 2.27. The van der Waals surface area contributed by atoms with Gasteiger partial charge in [0.2, 0.25) is 11.8 Å². The highest BCUT2D eigenvalue weighted by Crippen LogP contribution is 2.21. The second-order valence-corrected chi connectivity index (χ2v) is 9.70. The Kier molecular flexibility index (Phi) is 7.81. The van der Waals surface area contributed by atoms with E-state index in [2.05, 4.69) is 0 Å². The Bertz CT molecular complexity index is 749. The zero-order chi connectivity index (χ0) is 20.7. The summed E-state index contributed by atoms with van der Waals surface area (Å²) in [7, 11) is 0. The van der Waals surface area contributed by atoms with Gasteiger partial charge in [-0.2, -0.15) is 0 Å². The number of amides is 2. The van der Waals surface area contributed by atoms with Crippen molar-refractivity contribution in [3.8, 4) is 0 Å². The first-order valence-electron chi connectivity index (χ1n) is 9.79. The van der Waals surface area contributed by atoms with Crippen LogP contribution in [0.1, 0.15) is 51.5 Å². The monoisotopic (exact) mass is 400 g/mol. The molecule has 1 heterocycles. The number of hydrogen-bond acceptors (Lipinski definition) is 3. The van der Waals surface area contributed by atoms with E-state index in [1.54, 1.807) is 16.2 Å². The molecule has 152 valence electrons. The Morgan fingerprint density at radius 1 is 0.964 bits per heavy atom. The summed E-state index contributed by atoms with van der Waals surface area (Å²) >= 11 is 1.64. The van der Waals surface area contributed by atoms with Crippen molar-refractivity contribution in [1.29, 1.82) is 0 Å².